The molecule has 1 aliphatic carbocycles. The maximum atomic E-state index is 12.8. The number of nitrogens with one attached hydrogen (secondary N) is 1. The van der Waals surface area contributed by atoms with Gasteiger partial charge in [-0.3, -0.25) is 4.79 Å². The van der Waals surface area contributed by atoms with Gasteiger partial charge in [0.25, 0.3) is 5.56 Å². The minimum absolute atomic E-state index is 0.0195. The van der Waals surface area contributed by atoms with Crippen LogP contribution in [-0.2, 0) is 12.8 Å². The zero-order valence-corrected chi connectivity index (χ0v) is 15.7. The fourth-order valence-electron chi connectivity index (χ4n) is 3.68. The van der Waals surface area contributed by atoms with Crippen LogP contribution in [0.5, 0.6) is 0 Å². The quantitative estimate of drug-likeness (QED) is 0.668. The molecule has 1 N–H and O–H groups in total. The Morgan fingerprint density at radius 2 is 1.76 bits per heavy atom. The second-order valence-corrected chi connectivity index (χ2v) is 8.37. The van der Waals surface area contributed by atoms with Crippen molar-refractivity contribution in [3.8, 4) is 11.4 Å². The fourth-order valence-corrected chi connectivity index (χ4v) is 4.94. The van der Waals surface area contributed by atoms with Crippen LogP contribution in [0, 0.1) is 0 Å². The summed E-state index contributed by atoms with van der Waals surface area (Å²) < 4.78 is 0. The Labute approximate surface area is 152 Å². The lowest BCUT2D eigenvalue weighted by Gasteiger charge is -2.09. The summed E-state index contributed by atoms with van der Waals surface area (Å²) >= 11 is 1.72. The molecule has 0 spiro atoms. The van der Waals surface area contributed by atoms with E-state index in [0.29, 0.717) is 11.7 Å². The van der Waals surface area contributed by atoms with Crippen molar-refractivity contribution in [1.29, 1.82) is 0 Å². The van der Waals surface area contributed by atoms with Gasteiger partial charge in [-0.15, -0.1) is 11.3 Å². The van der Waals surface area contributed by atoms with Gasteiger partial charge in [0.05, 0.1) is 5.39 Å². The Bertz CT molecular complexity index is 950. The predicted octanol–water partition coefficient (Wildman–Crippen LogP) is 5.43. The van der Waals surface area contributed by atoms with Gasteiger partial charge in [0.1, 0.15) is 10.7 Å². The molecule has 0 fully saturated rings. The van der Waals surface area contributed by atoms with Crippen LogP contribution in [0.4, 0.5) is 0 Å². The van der Waals surface area contributed by atoms with Crippen LogP contribution in [0.25, 0.3) is 21.6 Å². The number of rotatable bonds is 2. The number of aromatic amines is 1. The molecular weight excluding hydrogens is 328 g/mol. The van der Waals surface area contributed by atoms with Crippen molar-refractivity contribution in [2.24, 2.45) is 0 Å². The van der Waals surface area contributed by atoms with Gasteiger partial charge in [-0.1, -0.05) is 51.0 Å². The summed E-state index contributed by atoms with van der Waals surface area (Å²) in [6.07, 6.45) is 7.07. The second-order valence-electron chi connectivity index (χ2n) is 7.29. The molecule has 0 aliphatic heterocycles. The summed E-state index contributed by atoms with van der Waals surface area (Å²) in [4.78, 5) is 22.9. The minimum Gasteiger partial charge on any atom is -0.306 e. The maximum Gasteiger partial charge on any atom is 0.260 e. The molecule has 25 heavy (non-hydrogen) atoms. The van der Waals surface area contributed by atoms with Crippen molar-refractivity contribution in [3.05, 3.63) is 50.6 Å². The third-order valence-electron chi connectivity index (χ3n) is 5.18. The highest BCUT2D eigenvalue weighted by Crippen LogP contribution is 2.33. The van der Waals surface area contributed by atoms with Gasteiger partial charge in [-0.25, -0.2) is 4.98 Å². The molecule has 3 nitrogen and oxygen atoms in total. The van der Waals surface area contributed by atoms with Crippen LogP contribution in [-0.4, -0.2) is 9.97 Å². The Morgan fingerprint density at radius 3 is 2.48 bits per heavy atom. The van der Waals surface area contributed by atoms with E-state index in [1.54, 1.807) is 11.3 Å². The highest BCUT2D eigenvalue weighted by molar-refractivity contribution is 7.18. The van der Waals surface area contributed by atoms with Crippen molar-refractivity contribution in [1.82, 2.24) is 9.97 Å². The zero-order chi connectivity index (χ0) is 17.4. The van der Waals surface area contributed by atoms with E-state index in [0.717, 1.165) is 28.6 Å². The number of hydrogen-bond donors (Lipinski definition) is 1. The highest BCUT2D eigenvalue weighted by Gasteiger charge is 2.18. The van der Waals surface area contributed by atoms with Gasteiger partial charge in [0.15, 0.2) is 0 Å². The molecule has 4 heteroatoms. The lowest BCUT2D eigenvalue weighted by Crippen LogP contribution is -2.10. The van der Waals surface area contributed by atoms with Gasteiger partial charge in [-0.05, 0) is 42.7 Å². The Morgan fingerprint density at radius 1 is 1.04 bits per heavy atom. The maximum absolute atomic E-state index is 12.8. The van der Waals surface area contributed by atoms with E-state index in [2.05, 4.69) is 43.1 Å². The van der Waals surface area contributed by atoms with Gasteiger partial charge in [-0.2, -0.15) is 0 Å². The summed E-state index contributed by atoms with van der Waals surface area (Å²) in [7, 11) is 0. The standard InChI is InChI=1S/C21H24N2OS/c1-13(2)14-9-11-15(12-10-14)19-22-20(24)18-16-7-5-3-4-6-8-17(16)25-21(18)23-19/h9-13H,3-8H2,1-2H3,(H,22,23,24). The van der Waals surface area contributed by atoms with E-state index in [1.807, 2.05) is 0 Å². The summed E-state index contributed by atoms with van der Waals surface area (Å²) in [5, 5.41) is 0.837. The lowest BCUT2D eigenvalue weighted by molar-refractivity contribution is 0.623. The lowest BCUT2D eigenvalue weighted by atomic mass is 9.98. The number of hydrogen-bond acceptors (Lipinski definition) is 3. The molecule has 0 atom stereocenters. The van der Waals surface area contributed by atoms with Crippen molar-refractivity contribution in [3.63, 3.8) is 0 Å². The van der Waals surface area contributed by atoms with Crippen LogP contribution in [0.15, 0.2) is 29.1 Å². The molecule has 0 amide bonds. The monoisotopic (exact) mass is 352 g/mol. The van der Waals surface area contributed by atoms with Crippen LogP contribution >= 0.6 is 11.3 Å². The van der Waals surface area contributed by atoms with E-state index < -0.39 is 0 Å². The minimum atomic E-state index is 0.0195. The normalized spacial score (nSPS) is 15.2. The molecule has 0 saturated carbocycles. The smallest absolute Gasteiger partial charge is 0.260 e. The number of H-pyrrole nitrogens is 1. The van der Waals surface area contributed by atoms with Gasteiger partial charge >= 0.3 is 0 Å². The van der Waals surface area contributed by atoms with Crippen molar-refractivity contribution < 1.29 is 0 Å². The van der Waals surface area contributed by atoms with Crippen molar-refractivity contribution in [2.45, 2.75) is 58.3 Å². The molecular formula is C21H24N2OS. The summed E-state index contributed by atoms with van der Waals surface area (Å²) in [6, 6.07) is 8.36. The molecule has 4 rings (SSSR count). The molecule has 0 bridgehead atoms. The molecule has 130 valence electrons. The molecule has 2 aromatic heterocycles. The van der Waals surface area contributed by atoms with Crippen molar-refractivity contribution in [2.75, 3.05) is 0 Å². The van der Waals surface area contributed by atoms with Crippen molar-refractivity contribution >= 4 is 21.6 Å². The number of fused-ring (bicyclic) bond motifs is 3. The summed E-state index contributed by atoms with van der Waals surface area (Å²) in [5.74, 6) is 1.18. The number of aromatic nitrogens is 2. The number of aryl methyl sites for hydroxylation is 2. The molecule has 3 aromatic rings. The number of benzene rings is 1. The third kappa shape index (κ3) is 3.15. The predicted molar refractivity (Wildman–Crippen MR) is 106 cm³/mol. The molecule has 0 saturated heterocycles. The molecule has 0 radical (unpaired) electrons. The van der Waals surface area contributed by atoms with Gasteiger partial charge in [0, 0.05) is 10.4 Å². The van der Waals surface area contributed by atoms with E-state index in [-0.39, 0.29) is 5.56 Å². The number of thiophene rings is 1. The van der Waals surface area contributed by atoms with E-state index in [4.69, 9.17) is 4.98 Å². The largest absolute Gasteiger partial charge is 0.306 e. The topological polar surface area (TPSA) is 45.8 Å². The molecule has 2 heterocycles. The Balaban J connectivity index is 1.80. The van der Waals surface area contributed by atoms with E-state index in [9.17, 15) is 4.79 Å². The van der Waals surface area contributed by atoms with Gasteiger partial charge < -0.3 is 4.98 Å². The number of nitrogens with zero attached hydrogens (tertiary/aromatic N) is 1. The second kappa shape index (κ2) is 6.75. The van der Waals surface area contributed by atoms with Crippen LogP contribution in [0.2, 0.25) is 0 Å². The zero-order valence-electron chi connectivity index (χ0n) is 14.9. The SMILES string of the molecule is CC(C)c1ccc(-c2nc3sc4c(c3c(=O)[nH]2)CCCCCC4)cc1. The first-order valence-electron chi connectivity index (χ1n) is 9.28. The Kier molecular flexibility index (Phi) is 4.46. The van der Waals surface area contributed by atoms with Crippen LogP contribution in [0.1, 0.15) is 61.5 Å². The molecule has 1 aliphatic rings. The average Bonchev–Trinajstić information content (AvgIpc) is 2.92. The average molecular weight is 353 g/mol. The Hall–Kier alpha value is -1.94. The van der Waals surface area contributed by atoms with E-state index in [1.165, 1.54) is 41.7 Å². The first-order valence-corrected chi connectivity index (χ1v) is 10.1. The van der Waals surface area contributed by atoms with Gasteiger partial charge in [0.2, 0.25) is 0 Å². The first kappa shape index (κ1) is 16.5. The highest BCUT2D eigenvalue weighted by atomic mass is 32.1. The van der Waals surface area contributed by atoms with E-state index >= 15 is 0 Å². The fraction of sp³-hybridized carbons (Fsp3) is 0.429. The molecule has 0 unspecified atom stereocenters. The first-order chi connectivity index (χ1) is 12.1. The third-order valence-corrected chi connectivity index (χ3v) is 6.36. The van der Waals surface area contributed by atoms with Crippen LogP contribution < -0.4 is 5.56 Å². The summed E-state index contributed by atoms with van der Waals surface area (Å²) in [5.41, 5.74) is 3.55. The van der Waals surface area contributed by atoms with Crippen LogP contribution in [0.3, 0.4) is 0 Å². The molecule has 1 aromatic carbocycles. The summed E-state index contributed by atoms with van der Waals surface area (Å²) in [6.45, 7) is 4.37.